The topological polar surface area (TPSA) is 42.0 Å². The van der Waals surface area contributed by atoms with Crippen molar-refractivity contribution >= 4 is 43.6 Å². The predicted octanol–water partition coefficient (Wildman–Crippen LogP) is 2.88. The van der Waals surface area contributed by atoms with Crippen LogP contribution in [0.25, 0.3) is 0 Å². The highest BCUT2D eigenvalue weighted by Gasteiger charge is 2.14. The van der Waals surface area contributed by atoms with Gasteiger partial charge >= 0.3 is 0 Å². The SMILES string of the molecule is Cc1ccnc(NC(=O)C(Br)CCBr)c1. The molecule has 0 fully saturated rings. The van der Waals surface area contributed by atoms with E-state index in [0.29, 0.717) is 5.82 Å². The van der Waals surface area contributed by atoms with E-state index in [-0.39, 0.29) is 10.7 Å². The molecule has 5 heteroatoms. The molecule has 0 bridgehead atoms. The second-order valence-electron chi connectivity index (χ2n) is 3.15. The Kier molecular flexibility index (Phi) is 5.25. The molecule has 0 aromatic carbocycles. The Morgan fingerprint density at radius 2 is 2.40 bits per heavy atom. The maximum absolute atomic E-state index is 11.6. The molecule has 1 atom stereocenters. The molecular formula is C10H12Br2N2O. The van der Waals surface area contributed by atoms with Crippen LogP contribution in [0.4, 0.5) is 5.82 Å². The molecule has 0 aliphatic carbocycles. The zero-order valence-corrected chi connectivity index (χ0v) is 11.5. The van der Waals surface area contributed by atoms with Gasteiger partial charge in [0.15, 0.2) is 0 Å². The van der Waals surface area contributed by atoms with E-state index in [1.165, 1.54) is 0 Å². The molecule has 3 nitrogen and oxygen atoms in total. The van der Waals surface area contributed by atoms with Crippen molar-refractivity contribution in [3.8, 4) is 0 Å². The Hall–Kier alpha value is -0.420. The number of hydrogen-bond donors (Lipinski definition) is 1. The summed E-state index contributed by atoms with van der Waals surface area (Å²) in [6, 6.07) is 3.73. The van der Waals surface area contributed by atoms with Crippen molar-refractivity contribution in [2.45, 2.75) is 18.2 Å². The number of hydrogen-bond acceptors (Lipinski definition) is 2. The minimum atomic E-state index is -0.181. The number of alkyl halides is 2. The van der Waals surface area contributed by atoms with Crippen LogP contribution >= 0.6 is 31.9 Å². The van der Waals surface area contributed by atoms with Crippen LogP contribution in [0.3, 0.4) is 0 Å². The normalized spacial score (nSPS) is 12.2. The van der Waals surface area contributed by atoms with Gasteiger partial charge in [-0.3, -0.25) is 4.79 Å². The summed E-state index contributed by atoms with van der Waals surface area (Å²) in [7, 11) is 0. The number of halogens is 2. The molecule has 15 heavy (non-hydrogen) atoms. The summed E-state index contributed by atoms with van der Waals surface area (Å²) in [6.45, 7) is 1.96. The van der Waals surface area contributed by atoms with Crippen molar-refractivity contribution in [1.82, 2.24) is 4.98 Å². The van der Waals surface area contributed by atoms with Gasteiger partial charge in [0.2, 0.25) is 5.91 Å². The Labute approximate surface area is 106 Å². The Morgan fingerprint density at radius 1 is 1.67 bits per heavy atom. The van der Waals surface area contributed by atoms with Crippen molar-refractivity contribution < 1.29 is 4.79 Å². The van der Waals surface area contributed by atoms with E-state index in [9.17, 15) is 4.79 Å². The average molecular weight is 336 g/mol. The number of amides is 1. The molecule has 0 saturated heterocycles. The Bertz CT molecular complexity index is 344. The van der Waals surface area contributed by atoms with Crippen LogP contribution in [-0.4, -0.2) is 21.0 Å². The minimum absolute atomic E-state index is 0.0625. The number of carbonyl (C=O) groups is 1. The maximum Gasteiger partial charge on any atom is 0.239 e. The summed E-state index contributed by atoms with van der Waals surface area (Å²) in [5, 5.41) is 3.54. The lowest BCUT2D eigenvalue weighted by molar-refractivity contribution is -0.115. The fourth-order valence-corrected chi connectivity index (χ4v) is 2.45. The van der Waals surface area contributed by atoms with Crippen LogP contribution in [0, 0.1) is 6.92 Å². The van der Waals surface area contributed by atoms with Crippen LogP contribution in [0.2, 0.25) is 0 Å². The van der Waals surface area contributed by atoms with Crippen LogP contribution in [0.5, 0.6) is 0 Å². The molecule has 1 amide bonds. The van der Waals surface area contributed by atoms with Crippen molar-refractivity contribution in [1.29, 1.82) is 0 Å². The first-order chi connectivity index (χ1) is 7.13. The highest BCUT2D eigenvalue weighted by atomic mass is 79.9. The lowest BCUT2D eigenvalue weighted by Crippen LogP contribution is -2.23. The molecule has 1 N–H and O–H groups in total. The van der Waals surface area contributed by atoms with Crippen molar-refractivity contribution in [3.63, 3.8) is 0 Å². The van der Waals surface area contributed by atoms with E-state index in [0.717, 1.165) is 17.3 Å². The van der Waals surface area contributed by atoms with Gasteiger partial charge in [0.25, 0.3) is 0 Å². The van der Waals surface area contributed by atoms with Crippen molar-refractivity contribution in [2.24, 2.45) is 0 Å². The molecule has 1 aromatic heterocycles. The number of pyridine rings is 1. The van der Waals surface area contributed by atoms with Crippen LogP contribution in [-0.2, 0) is 4.79 Å². The lowest BCUT2D eigenvalue weighted by atomic mass is 10.3. The Balaban J connectivity index is 2.58. The number of carbonyl (C=O) groups excluding carboxylic acids is 1. The number of nitrogens with zero attached hydrogens (tertiary/aromatic N) is 1. The molecule has 1 unspecified atom stereocenters. The number of nitrogens with one attached hydrogen (secondary N) is 1. The van der Waals surface area contributed by atoms with Gasteiger partial charge in [-0.15, -0.1) is 0 Å². The number of rotatable bonds is 4. The van der Waals surface area contributed by atoms with Gasteiger partial charge in [-0.05, 0) is 31.0 Å². The number of aromatic nitrogens is 1. The zero-order chi connectivity index (χ0) is 11.3. The second kappa shape index (κ2) is 6.23. The molecule has 82 valence electrons. The molecule has 0 saturated carbocycles. The van der Waals surface area contributed by atoms with Gasteiger partial charge in [0, 0.05) is 11.5 Å². The van der Waals surface area contributed by atoms with E-state index >= 15 is 0 Å². The minimum Gasteiger partial charge on any atom is -0.310 e. The predicted molar refractivity (Wildman–Crippen MR) is 68.7 cm³/mol. The fourth-order valence-electron chi connectivity index (χ4n) is 1.04. The summed E-state index contributed by atoms with van der Waals surface area (Å²) in [5.41, 5.74) is 1.08. The lowest BCUT2D eigenvalue weighted by Gasteiger charge is -2.08. The average Bonchev–Trinajstić information content (AvgIpc) is 2.18. The first-order valence-electron chi connectivity index (χ1n) is 4.57. The van der Waals surface area contributed by atoms with Crippen LogP contribution < -0.4 is 5.32 Å². The third-order valence-corrected chi connectivity index (χ3v) is 3.15. The quantitative estimate of drug-likeness (QED) is 0.860. The number of anilines is 1. The highest BCUT2D eigenvalue weighted by Crippen LogP contribution is 2.11. The van der Waals surface area contributed by atoms with Crippen molar-refractivity contribution in [2.75, 3.05) is 10.6 Å². The zero-order valence-electron chi connectivity index (χ0n) is 8.34. The van der Waals surface area contributed by atoms with Gasteiger partial charge in [-0.1, -0.05) is 31.9 Å². The fraction of sp³-hybridized carbons (Fsp3) is 0.400. The van der Waals surface area contributed by atoms with E-state index in [1.54, 1.807) is 6.20 Å². The standard InChI is InChI=1S/C10H12Br2N2O/c1-7-3-5-13-9(6-7)14-10(15)8(12)2-4-11/h3,5-6,8H,2,4H2,1H3,(H,13,14,15). The van der Waals surface area contributed by atoms with E-state index in [1.807, 2.05) is 19.1 Å². The Morgan fingerprint density at radius 3 is 3.00 bits per heavy atom. The molecule has 0 spiro atoms. The molecule has 0 aliphatic rings. The molecule has 1 heterocycles. The molecule has 0 radical (unpaired) electrons. The van der Waals surface area contributed by atoms with Gasteiger partial charge in [0.05, 0.1) is 4.83 Å². The van der Waals surface area contributed by atoms with E-state index < -0.39 is 0 Å². The summed E-state index contributed by atoms with van der Waals surface area (Å²) >= 11 is 6.60. The smallest absolute Gasteiger partial charge is 0.239 e. The molecule has 1 aromatic rings. The molecule has 0 aliphatic heterocycles. The van der Waals surface area contributed by atoms with E-state index in [2.05, 4.69) is 42.2 Å². The summed E-state index contributed by atoms with van der Waals surface area (Å²) < 4.78 is 0. The number of aryl methyl sites for hydroxylation is 1. The monoisotopic (exact) mass is 334 g/mol. The van der Waals surface area contributed by atoms with Crippen LogP contribution in [0.15, 0.2) is 18.3 Å². The van der Waals surface area contributed by atoms with Gasteiger partial charge in [-0.2, -0.15) is 0 Å². The first kappa shape index (κ1) is 12.6. The van der Waals surface area contributed by atoms with Gasteiger partial charge in [0.1, 0.15) is 5.82 Å². The summed E-state index contributed by atoms with van der Waals surface area (Å²) in [5.74, 6) is 0.534. The maximum atomic E-state index is 11.6. The first-order valence-corrected chi connectivity index (χ1v) is 6.60. The van der Waals surface area contributed by atoms with Crippen LogP contribution in [0.1, 0.15) is 12.0 Å². The van der Waals surface area contributed by atoms with Gasteiger partial charge < -0.3 is 5.32 Å². The van der Waals surface area contributed by atoms with Crippen molar-refractivity contribution in [3.05, 3.63) is 23.9 Å². The largest absolute Gasteiger partial charge is 0.310 e. The third kappa shape index (κ3) is 4.30. The summed E-state index contributed by atoms with van der Waals surface area (Å²) in [6.07, 6.45) is 2.43. The second-order valence-corrected chi connectivity index (χ2v) is 5.05. The van der Waals surface area contributed by atoms with E-state index in [4.69, 9.17) is 0 Å². The summed E-state index contributed by atoms with van der Waals surface area (Å²) in [4.78, 5) is 15.5. The molecule has 1 rings (SSSR count). The third-order valence-electron chi connectivity index (χ3n) is 1.81. The van der Waals surface area contributed by atoms with Gasteiger partial charge in [-0.25, -0.2) is 4.98 Å². The molecular weight excluding hydrogens is 324 g/mol. The highest BCUT2D eigenvalue weighted by molar-refractivity contribution is 9.10.